The normalized spacial score (nSPS) is 17.1. The van der Waals surface area contributed by atoms with Gasteiger partial charge in [0.05, 0.1) is 28.7 Å². The highest BCUT2D eigenvalue weighted by molar-refractivity contribution is 5.97. The first kappa shape index (κ1) is 19.6. The van der Waals surface area contributed by atoms with Gasteiger partial charge in [0.25, 0.3) is 5.91 Å². The summed E-state index contributed by atoms with van der Waals surface area (Å²) in [5, 5.41) is 7.98. The average Bonchev–Trinajstić information content (AvgIpc) is 3.27. The van der Waals surface area contributed by atoms with Crippen LogP contribution >= 0.6 is 0 Å². The average molecular weight is 370 g/mol. The zero-order chi connectivity index (χ0) is 19.6. The second kappa shape index (κ2) is 8.26. The van der Waals surface area contributed by atoms with Crippen LogP contribution in [-0.4, -0.2) is 34.9 Å². The number of carbonyl (C=O) groups excluding carboxylic acids is 1. The standard InChI is InChI=1S/C22H31N3O2/c1-14(2)20-19(22(26)23-13-17-10-8-12-27-17)21(15(3)4)25(24-20)18-11-7-6-9-16(18)5/h6-7,9,11,14-15,17H,8,10,12-13H2,1-5H3,(H,23,26). The molecule has 1 atom stereocenters. The van der Waals surface area contributed by atoms with Crippen molar-refractivity contribution in [3.05, 3.63) is 46.8 Å². The van der Waals surface area contributed by atoms with E-state index in [9.17, 15) is 4.79 Å². The molecule has 146 valence electrons. The predicted molar refractivity (Wildman–Crippen MR) is 108 cm³/mol. The monoisotopic (exact) mass is 369 g/mol. The predicted octanol–water partition coefficient (Wildman–Crippen LogP) is 4.34. The number of hydrogen-bond donors (Lipinski definition) is 1. The van der Waals surface area contributed by atoms with Crippen LogP contribution in [0.2, 0.25) is 0 Å². The van der Waals surface area contributed by atoms with Crippen molar-refractivity contribution in [1.29, 1.82) is 0 Å². The van der Waals surface area contributed by atoms with Gasteiger partial charge in [0, 0.05) is 13.2 Å². The molecule has 1 aromatic carbocycles. The lowest BCUT2D eigenvalue weighted by Gasteiger charge is -2.16. The molecule has 2 heterocycles. The summed E-state index contributed by atoms with van der Waals surface area (Å²) >= 11 is 0. The van der Waals surface area contributed by atoms with E-state index in [0.29, 0.717) is 6.54 Å². The van der Waals surface area contributed by atoms with E-state index in [2.05, 4.69) is 52.1 Å². The van der Waals surface area contributed by atoms with Gasteiger partial charge >= 0.3 is 0 Å². The second-order valence-corrected chi connectivity index (χ2v) is 8.00. The van der Waals surface area contributed by atoms with Crippen molar-refractivity contribution in [1.82, 2.24) is 15.1 Å². The first-order valence-electron chi connectivity index (χ1n) is 9.98. The van der Waals surface area contributed by atoms with Crippen molar-refractivity contribution in [2.75, 3.05) is 13.2 Å². The number of nitrogens with one attached hydrogen (secondary N) is 1. The van der Waals surface area contributed by atoms with Crippen LogP contribution in [0.25, 0.3) is 5.69 Å². The van der Waals surface area contributed by atoms with E-state index in [1.165, 1.54) is 0 Å². The third kappa shape index (κ3) is 4.08. The van der Waals surface area contributed by atoms with E-state index in [1.807, 2.05) is 16.8 Å². The number of nitrogens with zero attached hydrogens (tertiary/aromatic N) is 2. The molecule has 2 aromatic rings. The van der Waals surface area contributed by atoms with Gasteiger partial charge < -0.3 is 10.1 Å². The van der Waals surface area contributed by atoms with Crippen LogP contribution in [0.1, 0.15) is 79.7 Å². The molecule has 1 saturated heterocycles. The smallest absolute Gasteiger partial charge is 0.255 e. The van der Waals surface area contributed by atoms with E-state index < -0.39 is 0 Å². The number of benzene rings is 1. The maximum atomic E-state index is 13.2. The summed E-state index contributed by atoms with van der Waals surface area (Å²) in [5.41, 5.74) is 4.72. The van der Waals surface area contributed by atoms with E-state index in [0.717, 1.165) is 47.7 Å². The number of hydrogen-bond acceptors (Lipinski definition) is 3. The minimum Gasteiger partial charge on any atom is -0.376 e. The lowest BCUT2D eigenvalue weighted by Crippen LogP contribution is -2.33. The van der Waals surface area contributed by atoms with Gasteiger partial charge in [0.2, 0.25) is 0 Å². The highest BCUT2D eigenvalue weighted by atomic mass is 16.5. The molecule has 5 nitrogen and oxygen atoms in total. The molecular formula is C22H31N3O2. The van der Waals surface area contributed by atoms with Crippen molar-refractivity contribution in [3.63, 3.8) is 0 Å². The summed E-state index contributed by atoms with van der Waals surface area (Å²) in [6.45, 7) is 11.8. The number of para-hydroxylation sites is 1. The highest BCUT2D eigenvalue weighted by Crippen LogP contribution is 2.30. The quantitative estimate of drug-likeness (QED) is 0.824. The second-order valence-electron chi connectivity index (χ2n) is 8.00. The Morgan fingerprint density at radius 3 is 2.59 bits per heavy atom. The van der Waals surface area contributed by atoms with Crippen LogP contribution in [0.4, 0.5) is 0 Å². The zero-order valence-electron chi connectivity index (χ0n) is 17.1. The Labute approximate surface area is 162 Å². The molecule has 3 rings (SSSR count). The van der Waals surface area contributed by atoms with Gasteiger partial charge in [-0.05, 0) is 43.2 Å². The van der Waals surface area contributed by atoms with Crippen LogP contribution in [0.3, 0.4) is 0 Å². The Hall–Kier alpha value is -2.14. The molecule has 0 bridgehead atoms. The maximum absolute atomic E-state index is 13.2. The van der Waals surface area contributed by atoms with Gasteiger partial charge in [-0.2, -0.15) is 5.10 Å². The van der Waals surface area contributed by atoms with Crippen molar-refractivity contribution >= 4 is 5.91 Å². The third-order valence-corrected chi connectivity index (χ3v) is 5.13. The van der Waals surface area contributed by atoms with Crippen LogP contribution in [0.5, 0.6) is 0 Å². The third-order valence-electron chi connectivity index (χ3n) is 5.13. The SMILES string of the molecule is Cc1ccccc1-n1nc(C(C)C)c(C(=O)NCC2CCCO2)c1C(C)C. The van der Waals surface area contributed by atoms with E-state index in [4.69, 9.17) is 9.84 Å². The summed E-state index contributed by atoms with van der Waals surface area (Å²) < 4.78 is 7.62. The summed E-state index contributed by atoms with van der Waals surface area (Å²) in [6.07, 6.45) is 2.21. The number of amides is 1. The summed E-state index contributed by atoms with van der Waals surface area (Å²) in [4.78, 5) is 13.2. The summed E-state index contributed by atoms with van der Waals surface area (Å²) in [5.74, 6) is 0.294. The minimum atomic E-state index is -0.0438. The molecule has 5 heteroatoms. The first-order chi connectivity index (χ1) is 12.9. The molecule has 1 fully saturated rings. The van der Waals surface area contributed by atoms with E-state index in [1.54, 1.807) is 0 Å². The number of rotatable bonds is 6. The molecule has 1 amide bonds. The first-order valence-corrected chi connectivity index (χ1v) is 9.98. The molecule has 1 aromatic heterocycles. The minimum absolute atomic E-state index is 0.0438. The fourth-order valence-corrected chi connectivity index (χ4v) is 3.70. The number of ether oxygens (including phenoxy) is 1. The van der Waals surface area contributed by atoms with Gasteiger partial charge in [-0.25, -0.2) is 4.68 Å². The van der Waals surface area contributed by atoms with Crippen molar-refractivity contribution < 1.29 is 9.53 Å². The molecule has 0 aliphatic carbocycles. The van der Waals surface area contributed by atoms with Gasteiger partial charge in [0.1, 0.15) is 0 Å². The Bertz CT molecular complexity index is 802. The van der Waals surface area contributed by atoms with Gasteiger partial charge in [-0.3, -0.25) is 4.79 Å². The van der Waals surface area contributed by atoms with Crippen molar-refractivity contribution in [2.45, 2.75) is 65.4 Å². The van der Waals surface area contributed by atoms with Crippen molar-refractivity contribution in [3.8, 4) is 5.69 Å². The van der Waals surface area contributed by atoms with Gasteiger partial charge in [-0.1, -0.05) is 45.9 Å². The molecule has 0 radical (unpaired) electrons. The zero-order valence-corrected chi connectivity index (χ0v) is 17.1. The highest BCUT2D eigenvalue weighted by Gasteiger charge is 2.28. The van der Waals surface area contributed by atoms with Gasteiger partial charge in [-0.15, -0.1) is 0 Å². The molecule has 1 N–H and O–H groups in total. The molecule has 1 aliphatic heterocycles. The van der Waals surface area contributed by atoms with Crippen LogP contribution in [0.15, 0.2) is 24.3 Å². The maximum Gasteiger partial charge on any atom is 0.255 e. The largest absolute Gasteiger partial charge is 0.376 e. The lowest BCUT2D eigenvalue weighted by molar-refractivity contribution is 0.0855. The van der Waals surface area contributed by atoms with Crippen LogP contribution in [0, 0.1) is 6.92 Å². The molecule has 27 heavy (non-hydrogen) atoms. The molecule has 0 spiro atoms. The summed E-state index contributed by atoms with van der Waals surface area (Å²) in [7, 11) is 0. The Balaban J connectivity index is 2.03. The topological polar surface area (TPSA) is 56.2 Å². The molecule has 1 aliphatic rings. The number of aromatic nitrogens is 2. The number of aryl methyl sites for hydroxylation is 1. The van der Waals surface area contributed by atoms with Gasteiger partial charge in [0.15, 0.2) is 0 Å². The Kier molecular flexibility index (Phi) is 6.00. The van der Waals surface area contributed by atoms with Crippen LogP contribution in [-0.2, 0) is 4.74 Å². The van der Waals surface area contributed by atoms with Crippen molar-refractivity contribution in [2.24, 2.45) is 0 Å². The molecular weight excluding hydrogens is 338 g/mol. The van der Waals surface area contributed by atoms with Crippen LogP contribution < -0.4 is 5.32 Å². The summed E-state index contributed by atoms with van der Waals surface area (Å²) in [6, 6.07) is 8.18. The Morgan fingerprint density at radius 1 is 1.26 bits per heavy atom. The fraction of sp³-hybridized carbons (Fsp3) is 0.545. The lowest BCUT2D eigenvalue weighted by atomic mass is 9.97. The molecule has 1 unspecified atom stereocenters. The molecule has 0 saturated carbocycles. The van der Waals surface area contributed by atoms with E-state index >= 15 is 0 Å². The van der Waals surface area contributed by atoms with E-state index in [-0.39, 0.29) is 23.8 Å². The Morgan fingerprint density at radius 2 is 2.00 bits per heavy atom. The fourth-order valence-electron chi connectivity index (χ4n) is 3.70. The number of carbonyl (C=O) groups is 1.